The number of hydrogen-bond donors (Lipinski definition) is 0. The summed E-state index contributed by atoms with van der Waals surface area (Å²) in [4.78, 5) is 5.69. The highest BCUT2D eigenvalue weighted by atomic mass is 19.4. The van der Waals surface area contributed by atoms with Crippen LogP contribution in [0.25, 0.3) is 0 Å². The van der Waals surface area contributed by atoms with Gasteiger partial charge in [-0.1, -0.05) is 6.07 Å². The Morgan fingerprint density at radius 2 is 2.13 bits per heavy atom. The van der Waals surface area contributed by atoms with E-state index in [1.807, 2.05) is 16.4 Å². The van der Waals surface area contributed by atoms with Crippen molar-refractivity contribution in [1.82, 2.24) is 19.7 Å². The maximum atomic E-state index is 12.8. The number of nitrogens with zero attached hydrogens (tertiary/aromatic N) is 5. The smallest absolute Gasteiger partial charge is 0.356 e. The molecule has 2 aromatic rings. The van der Waals surface area contributed by atoms with E-state index in [1.54, 1.807) is 12.4 Å². The van der Waals surface area contributed by atoms with Crippen molar-refractivity contribution in [3.8, 4) is 0 Å². The van der Waals surface area contributed by atoms with Crippen molar-refractivity contribution in [3.05, 3.63) is 36.0 Å². The first kappa shape index (κ1) is 15.8. The van der Waals surface area contributed by atoms with E-state index in [2.05, 4.69) is 15.2 Å². The second-order valence-corrected chi connectivity index (χ2v) is 5.64. The van der Waals surface area contributed by atoms with Gasteiger partial charge in [0.25, 0.3) is 0 Å². The molecule has 1 atom stereocenters. The Morgan fingerprint density at radius 1 is 1.30 bits per heavy atom. The molecule has 124 valence electrons. The molecule has 1 fully saturated rings. The maximum absolute atomic E-state index is 12.8. The van der Waals surface area contributed by atoms with E-state index in [1.165, 1.54) is 6.07 Å². The van der Waals surface area contributed by atoms with Gasteiger partial charge in [0.05, 0.1) is 0 Å². The summed E-state index contributed by atoms with van der Waals surface area (Å²) in [6, 6.07) is 4.03. The summed E-state index contributed by atoms with van der Waals surface area (Å²) in [6.07, 6.45) is -0.891. The van der Waals surface area contributed by atoms with Crippen LogP contribution in [0.1, 0.15) is 37.2 Å². The van der Waals surface area contributed by atoms with Gasteiger partial charge in [-0.05, 0) is 31.9 Å². The molecule has 1 saturated heterocycles. The first-order valence-corrected chi connectivity index (χ1v) is 7.66. The lowest BCUT2D eigenvalue weighted by molar-refractivity contribution is -0.141. The van der Waals surface area contributed by atoms with Crippen molar-refractivity contribution in [2.45, 2.75) is 38.4 Å². The lowest BCUT2D eigenvalue weighted by Gasteiger charge is -2.33. The second-order valence-electron chi connectivity index (χ2n) is 5.64. The zero-order valence-corrected chi connectivity index (χ0v) is 12.8. The summed E-state index contributed by atoms with van der Waals surface area (Å²) < 4.78 is 40.5. The molecule has 23 heavy (non-hydrogen) atoms. The molecule has 0 amide bonds. The number of aryl methyl sites for hydroxylation is 1. The molecular formula is C15H18F3N5. The first-order chi connectivity index (χ1) is 11.0. The Kier molecular flexibility index (Phi) is 4.23. The van der Waals surface area contributed by atoms with Crippen LogP contribution in [0.2, 0.25) is 0 Å². The van der Waals surface area contributed by atoms with Gasteiger partial charge in [-0.3, -0.25) is 0 Å². The van der Waals surface area contributed by atoms with Gasteiger partial charge in [0.2, 0.25) is 0 Å². The van der Waals surface area contributed by atoms with E-state index in [9.17, 15) is 13.2 Å². The average Bonchev–Trinajstić information content (AvgIpc) is 3.03. The van der Waals surface area contributed by atoms with E-state index in [4.69, 9.17) is 0 Å². The van der Waals surface area contributed by atoms with Crippen molar-refractivity contribution >= 4 is 5.82 Å². The number of hydrogen-bond acceptors (Lipinski definition) is 4. The van der Waals surface area contributed by atoms with E-state index < -0.39 is 11.9 Å². The molecule has 3 heterocycles. The zero-order valence-electron chi connectivity index (χ0n) is 12.8. The molecule has 1 aliphatic rings. The van der Waals surface area contributed by atoms with Crippen LogP contribution in [-0.4, -0.2) is 32.8 Å². The fraction of sp³-hybridized carbons (Fsp3) is 0.533. The molecule has 0 radical (unpaired) electrons. The molecule has 0 spiro atoms. The Balaban J connectivity index is 1.81. The average molecular weight is 325 g/mol. The van der Waals surface area contributed by atoms with Crippen LogP contribution in [0.3, 0.4) is 0 Å². The van der Waals surface area contributed by atoms with Crippen LogP contribution >= 0.6 is 0 Å². The minimum atomic E-state index is -4.42. The maximum Gasteiger partial charge on any atom is 0.433 e. The van der Waals surface area contributed by atoms with Gasteiger partial charge < -0.3 is 9.47 Å². The minimum absolute atomic E-state index is 0.155. The molecule has 1 unspecified atom stereocenters. The van der Waals surface area contributed by atoms with E-state index in [0.717, 1.165) is 31.3 Å². The van der Waals surface area contributed by atoms with Gasteiger partial charge in [-0.15, -0.1) is 10.2 Å². The zero-order chi connectivity index (χ0) is 16.4. The molecule has 8 heteroatoms. The summed E-state index contributed by atoms with van der Waals surface area (Å²) in [5.41, 5.74) is -0.853. The van der Waals surface area contributed by atoms with E-state index in [-0.39, 0.29) is 5.92 Å². The standard InChI is InChI=1S/C15H18F3N5/c1-2-22-10-19-21-14(22)11-5-4-8-23(9-11)13-7-3-6-12(20-13)15(16,17)18/h3,6-7,10-11H,2,4-5,8-9H2,1H3. The topological polar surface area (TPSA) is 46.8 Å². The third kappa shape index (κ3) is 3.30. The molecule has 1 aliphatic heterocycles. The fourth-order valence-electron chi connectivity index (χ4n) is 2.98. The van der Waals surface area contributed by atoms with Gasteiger partial charge in [-0.2, -0.15) is 13.2 Å². The molecule has 0 aliphatic carbocycles. The minimum Gasteiger partial charge on any atom is -0.356 e. The molecule has 0 aromatic carbocycles. The van der Waals surface area contributed by atoms with Crippen LogP contribution in [-0.2, 0) is 12.7 Å². The van der Waals surface area contributed by atoms with Crippen LogP contribution < -0.4 is 4.90 Å². The van der Waals surface area contributed by atoms with Crippen molar-refractivity contribution in [2.75, 3.05) is 18.0 Å². The van der Waals surface area contributed by atoms with Crippen LogP contribution in [0.5, 0.6) is 0 Å². The number of halogens is 3. The first-order valence-electron chi connectivity index (χ1n) is 7.66. The lowest BCUT2D eigenvalue weighted by Crippen LogP contribution is -2.36. The molecule has 0 N–H and O–H groups in total. The normalized spacial score (nSPS) is 19.1. The Labute approximate surface area is 132 Å². The van der Waals surface area contributed by atoms with Gasteiger partial charge in [0, 0.05) is 25.6 Å². The Morgan fingerprint density at radius 3 is 2.87 bits per heavy atom. The van der Waals surface area contributed by atoms with Crippen molar-refractivity contribution in [2.24, 2.45) is 0 Å². The lowest BCUT2D eigenvalue weighted by atomic mass is 9.97. The summed E-state index contributed by atoms with van der Waals surface area (Å²) in [5, 5.41) is 8.12. The second kappa shape index (κ2) is 6.17. The summed E-state index contributed by atoms with van der Waals surface area (Å²) in [6.45, 7) is 4.10. The van der Waals surface area contributed by atoms with Crippen molar-refractivity contribution < 1.29 is 13.2 Å². The quantitative estimate of drug-likeness (QED) is 0.870. The predicted molar refractivity (Wildman–Crippen MR) is 79.1 cm³/mol. The highest BCUT2D eigenvalue weighted by Crippen LogP contribution is 2.31. The van der Waals surface area contributed by atoms with Crippen LogP contribution in [0, 0.1) is 0 Å². The third-order valence-electron chi connectivity index (χ3n) is 4.12. The van der Waals surface area contributed by atoms with Gasteiger partial charge in [0.1, 0.15) is 23.7 Å². The van der Waals surface area contributed by atoms with Crippen molar-refractivity contribution in [1.29, 1.82) is 0 Å². The molecule has 5 nitrogen and oxygen atoms in total. The van der Waals surface area contributed by atoms with Crippen LogP contribution in [0.15, 0.2) is 24.5 Å². The SMILES string of the molecule is CCn1cnnc1C1CCCN(c2cccc(C(F)(F)F)n2)C1. The number of aromatic nitrogens is 4. The summed E-state index contributed by atoms with van der Waals surface area (Å²) >= 11 is 0. The molecule has 2 aromatic heterocycles. The van der Waals surface area contributed by atoms with Gasteiger partial charge in [-0.25, -0.2) is 4.98 Å². The van der Waals surface area contributed by atoms with Gasteiger partial charge in [0.15, 0.2) is 0 Å². The fourth-order valence-corrected chi connectivity index (χ4v) is 2.98. The number of piperidine rings is 1. The van der Waals surface area contributed by atoms with Crippen LogP contribution in [0.4, 0.5) is 19.0 Å². The molecular weight excluding hydrogens is 307 g/mol. The van der Waals surface area contributed by atoms with Crippen molar-refractivity contribution in [3.63, 3.8) is 0 Å². The predicted octanol–water partition coefficient (Wildman–Crippen LogP) is 3.10. The van der Waals surface area contributed by atoms with E-state index >= 15 is 0 Å². The van der Waals surface area contributed by atoms with E-state index in [0.29, 0.717) is 18.9 Å². The molecule has 3 rings (SSSR count). The molecule has 0 bridgehead atoms. The number of rotatable bonds is 3. The number of alkyl halides is 3. The Bertz CT molecular complexity index is 667. The summed E-state index contributed by atoms with van der Waals surface area (Å²) in [5.74, 6) is 1.42. The monoisotopic (exact) mass is 325 g/mol. The highest BCUT2D eigenvalue weighted by Gasteiger charge is 2.33. The largest absolute Gasteiger partial charge is 0.433 e. The number of pyridine rings is 1. The summed E-state index contributed by atoms with van der Waals surface area (Å²) in [7, 11) is 0. The highest BCUT2D eigenvalue weighted by molar-refractivity contribution is 5.41. The van der Waals surface area contributed by atoms with Gasteiger partial charge >= 0.3 is 6.18 Å². The number of anilines is 1. The third-order valence-corrected chi connectivity index (χ3v) is 4.12. The Hall–Kier alpha value is -2.12. The molecule has 0 saturated carbocycles.